The van der Waals surface area contributed by atoms with Crippen molar-refractivity contribution in [2.24, 2.45) is 4.99 Å². The number of ether oxygens (including phenoxy) is 4. The number of para-hydroxylation sites is 1. The predicted octanol–water partition coefficient (Wildman–Crippen LogP) is 3.64. The molecule has 30 heavy (non-hydrogen) atoms. The minimum Gasteiger partial charge on any atom is -0.496 e. The summed E-state index contributed by atoms with van der Waals surface area (Å²) in [5, 5.41) is 6.63. The average Bonchev–Trinajstić information content (AvgIpc) is 2.77. The molecule has 0 amide bonds. The first-order valence-electron chi connectivity index (χ1n) is 9.59. The highest BCUT2D eigenvalue weighted by Crippen LogP contribution is 2.34. The summed E-state index contributed by atoms with van der Waals surface area (Å²) in [6.45, 7) is 3.97. The molecule has 0 spiro atoms. The Hall–Kier alpha value is -2.36. The van der Waals surface area contributed by atoms with E-state index in [0.717, 1.165) is 42.3 Å². The van der Waals surface area contributed by atoms with E-state index in [-0.39, 0.29) is 24.0 Å². The molecule has 0 aliphatic heterocycles. The Kier molecular flexibility index (Phi) is 11.8. The summed E-state index contributed by atoms with van der Waals surface area (Å²) < 4.78 is 21.6. The number of nitrogens with zero attached hydrogens (tertiary/aromatic N) is 1. The molecule has 166 valence electrons. The van der Waals surface area contributed by atoms with Crippen molar-refractivity contribution < 1.29 is 18.9 Å². The zero-order valence-corrected chi connectivity index (χ0v) is 20.6. The molecule has 0 saturated carbocycles. The lowest BCUT2D eigenvalue weighted by Crippen LogP contribution is -2.38. The maximum absolute atomic E-state index is 5.48. The second-order valence-corrected chi connectivity index (χ2v) is 6.20. The van der Waals surface area contributed by atoms with E-state index in [4.69, 9.17) is 18.9 Å². The Morgan fingerprint density at radius 1 is 0.800 bits per heavy atom. The van der Waals surface area contributed by atoms with Crippen LogP contribution < -0.4 is 29.6 Å². The molecule has 0 aliphatic rings. The largest absolute Gasteiger partial charge is 0.496 e. The first kappa shape index (κ1) is 25.7. The van der Waals surface area contributed by atoms with E-state index in [9.17, 15) is 0 Å². The van der Waals surface area contributed by atoms with E-state index in [1.54, 1.807) is 28.4 Å². The Morgan fingerprint density at radius 3 is 2.07 bits per heavy atom. The Labute approximate surface area is 196 Å². The second kappa shape index (κ2) is 13.8. The standard InChI is InChI=1S/C22H31N3O4.HI/c1-6-23-22(24-12-11-16-9-7-8-10-18(16)26-2)25-15-17-13-20(28-4)21(29-5)14-19(17)27-3;/h7-10,13-14H,6,11-12,15H2,1-5H3,(H2,23,24,25);1H. The number of rotatable bonds is 10. The van der Waals surface area contributed by atoms with Gasteiger partial charge in [-0.1, -0.05) is 18.2 Å². The highest BCUT2D eigenvalue weighted by molar-refractivity contribution is 14.0. The SMILES string of the molecule is CCNC(=NCc1cc(OC)c(OC)cc1OC)NCCc1ccccc1OC.I. The lowest BCUT2D eigenvalue weighted by atomic mass is 10.1. The molecule has 2 aromatic rings. The smallest absolute Gasteiger partial charge is 0.191 e. The van der Waals surface area contributed by atoms with E-state index in [0.29, 0.717) is 23.8 Å². The van der Waals surface area contributed by atoms with Gasteiger partial charge < -0.3 is 29.6 Å². The van der Waals surface area contributed by atoms with Crippen LogP contribution in [0.15, 0.2) is 41.4 Å². The van der Waals surface area contributed by atoms with Crippen molar-refractivity contribution in [1.82, 2.24) is 10.6 Å². The number of methoxy groups -OCH3 is 4. The minimum atomic E-state index is 0. The first-order chi connectivity index (χ1) is 14.2. The van der Waals surface area contributed by atoms with E-state index >= 15 is 0 Å². The third kappa shape index (κ3) is 7.16. The Morgan fingerprint density at radius 2 is 1.43 bits per heavy atom. The van der Waals surface area contributed by atoms with Crippen LogP contribution in [0.5, 0.6) is 23.0 Å². The minimum absolute atomic E-state index is 0. The van der Waals surface area contributed by atoms with Gasteiger partial charge >= 0.3 is 0 Å². The van der Waals surface area contributed by atoms with Crippen LogP contribution in [0, 0.1) is 0 Å². The van der Waals surface area contributed by atoms with E-state index in [1.807, 2.05) is 37.3 Å². The van der Waals surface area contributed by atoms with Gasteiger partial charge in [-0.3, -0.25) is 0 Å². The van der Waals surface area contributed by atoms with Crippen LogP contribution in [0.2, 0.25) is 0 Å². The second-order valence-electron chi connectivity index (χ2n) is 6.20. The van der Waals surface area contributed by atoms with E-state index in [1.165, 1.54) is 0 Å². The van der Waals surface area contributed by atoms with Gasteiger partial charge in [-0.15, -0.1) is 24.0 Å². The van der Waals surface area contributed by atoms with Gasteiger partial charge in [-0.2, -0.15) is 0 Å². The van der Waals surface area contributed by atoms with Crippen LogP contribution in [0.4, 0.5) is 0 Å². The molecular formula is C22H32IN3O4. The van der Waals surface area contributed by atoms with Crippen molar-refractivity contribution in [3.8, 4) is 23.0 Å². The van der Waals surface area contributed by atoms with Gasteiger partial charge in [0.25, 0.3) is 0 Å². The molecule has 0 heterocycles. The molecule has 0 bridgehead atoms. The molecular weight excluding hydrogens is 497 g/mol. The molecule has 0 unspecified atom stereocenters. The molecule has 0 aliphatic carbocycles. The molecule has 7 nitrogen and oxygen atoms in total. The zero-order chi connectivity index (χ0) is 21.1. The molecule has 0 aromatic heterocycles. The van der Waals surface area contributed by atoms with Gasteiger partial charge in [0.2, 0.25) is 0 Å². The predicted molar refractivity (Wildman–Crippen MR) is 131 cm³/mol. The number of halogens is 1. The number of aliphatic imine (C=N–C) groups is 1. The third-order valence-corrected chi connectivity index (χ3v) is 4.42. The maximum atomic E-state index is 5.48. The van der Waals surface area contributed by atoms with Crippen molar-refractivity contribution in [2.45, 2.75) is 19.9 Å². The normalized spacial score (nSPS) is 10.6. The first-order valence-corrected chi connectivity index (χ1v) is 9.59. The molecule has 2 aromatic carbocycles. The molecule has 0 saturated heterocycles. The fraction of sp³-hybridized carbons (Fsp3) is 0.409. The summed E-state index contributed by atoms with van der Waals surface area (Å²) in [4.78, 5) is 4.68. The molecule has 0 fully saturated rings. The lowest BCUT2D eigenvalue weighted by molar-refractivity contribution is 0.347. The average molecular weight is 529 g/mol. The molecule has 2 N–H and O–H groups in total. The lowest BCUT2D eigenvalue weighted by Gasteiger charge is -2.15. The van der Waals surface area contributed by atoms with Crippen LogP contribution in [0.25, 0.3) is 0 Å². The number of hydrogen-bond acceptors (Lipinski definition) is 5. The number of benzene rings is 2. The molecule has 8 heteroatoms. The van der Waals surface area contributed by atoms with Crippen LogP contribution in [0.3, 0.4) is 0 Å². The molecule has 0 radical (unpaired) electrons. The molecule has 0 atom stereocenters. The van der Waals surface area contributed by atoms with Gasteiger partial charge in [0.1, 0.15) is 11.5 Å². The summed E-state index contributed by atoms with van der Waals surface area (Å²) in [5.41, 5.74) is 2.06. The van der Waals surface area contributed by atoms with Crippen LogP contribution in [0.1, 0.15) is 18.1 Å². The van der Waals surface area contributed by atoms with Crippen molar-refractivity contribution in [3.05, 3.63) is 47.5 Å². The number of hydrogen-bond donors (Lipinski definition) is 2. The van der Waals surface area contributed by atoms with Crippen molar-refractivity contribution >= 4 is 29.9 Å². The quantitative estimate of drug-likeness (QED) is 0.278. The summed E-state index contributed by atoms with van der Waals surface area (Å²) in [6, 6.07) is 11.7. The van der Waals surface area contributed by atoms with E-state index < -0.39 is 0 Å². The Bertz CT molecular complexity index is 815. The molecule has 2 rings (SSSR count). The van der Waals surface area contributed by atoms with Crippen LogP contribution in [-0.4, -0.2) is 47.5 Å². The van der Waals surface area contributed by atoms with Gasteiger partial charge in [0.15, 0.2) is 17.5 Å². The fourth-order valence-electron chi connectivity index (χ4n) is 2.95. The van der Waals surface area contributed by atoms with Crippen LogP contribution in [-0.2, 0) is 13.0 Å². The third-order valence-electron chi connectivity index (χ3n) is 4.42. The zero-order valence-electron chi connectivity index (χ0n) is 18.3. The van der Waals surface area contributed by atoms with E-state index in [2.05, 4.69) is 21.7 Å². The van der Waals surface area contributed by atoms with Gasteiger partial charge in [-0.05, 0) is 31.0 Å². The van der Waals surface area contributed by atoms with Crippen molar-refractivity contribution in [1.29, 1.82) is 0 Å². The Balaban J connectivity index is 0.00000450. The maximum Gasteiger partial charge on any atom is 0.191 e. The summed E-state index contributed by atoms with van der Waals surface area (Å²) in [6.07, 6.45) is 0.827. The van der Waals surface area contributed by atoms with Gasteiger partial charge in [0, 0.05) is 24.7 Å². The summed E-state index contributed by atoms with van der Waals surface area (Å²) in [5.74, 6) is 3.60. The van der Waals surface area contributed by atoms with Crippen molar-refractivity contribution in [2.75, 3.05) is 41.5 Å². The highest BCUT2D eigenvalue weighted by atomic mass is 127. The highest BCUT2D eigenvalue weighted by Gasteiger charge is 2.12. The topological polar surface area (TPSA) is 73.3 Å². The fourth-order valence-corrected chi connectivity index (χ4v) is 2.95. The number of guanidine groups is 1. The summed E-state index contributed by atoms with van der Waals surface area (Å²) in [7, 11) is 6.53. The summed E-state index contributed by atoms with van der Waals surface area (Å²) >= 11 is 0. The van der Waals surface area contributed by atoms with Crippen molar-refractivity contribution in [3.63, 3.8) is 0 Å². The van der Waals surface area contributed by atoms with Crippen LogP contribution >= 0.6 is 24.0 Å². The van der Waals surface area contributed by atoms with Gasteiger partial charge in [0.05, 0.1) is 35.0 Å². The monoisotopic (exact) mass is 529 g/mol. The van der Waals surface area contributed by atoms with Gasteiger partial charge in [-0.25, -0.2) is 4.99 Å². The number of nitrogens with one attached hydrogen (secondary N) is 2.